The predicted molar refractivity (Wildman–Crippen MR) is 69.9 cm³/mol. The molecule has 1 amide bonds. The van der Waals surface area contributed by atoms with Gasteiger partial charge in [-0.2, -0.15) is 0 Å². The summed E-state index contributed by atoms with van der Waals surface area (Å²) < 4.78 is 22.5. The molecule has 1 rings (SSSR count). The van der Waals surface area contributed by atoms with Gasteiger partial charge in [0.15, 0.2) is 9.84 Å². The molecule has 0 aromatic heterocycles. The first-order valence-electron chi connectivity index (χ1n) is 5.67. The Bertz CT molecular complexity index is 495. The summed E-state index contributed by atoms with van der Waals surface area (Å²) in [5.41, 5.74) is 6.06. The SMILES string of the molecule is CS(=O)(=O)c1ccc(CCCNCC(N)=O)cc1. The Labute approximate surface area is 107 Å². The number of benzene rings is 1. The van der Waals surface area contributed by atoms with E-state index in [1.807, 2.05) is 12.1 Å². The lowest BCUT2D eigenvalue weighted by Crippen LogP contribution is -2.29. The van der Waals surface area contributed by atoms with Crippen molar-refractivity contribution < 1.29 is 13.2 Å². The molecule has 0 saturated carbocycles. The fraction of sp³-hybridized carbons (Fsp3) is 0.417. The smallest absolute Gasteiger partial charge is 0.231 e. The Hall–Kier alpha value is -1.40. The Balaban J connectivity index is 2.38. The van der Waals surface area contributed by atoms with Crippen LogP contribution in [0.15, 0.2) is 29.2 Å². The molecule has 3 N–H and O–H groups in total. The van der Waals surface area contributed by atoms with E-state index in [0.29, 0.717) is 11.4 Å². The molecule has 18 heavy (non-hydrogen) atoms. The first-order chi connectivity index (χ1) is 8.39. The molecule has 0 aliphatic rings. The van der Waals surface area contributed by atoms with Crippen molar-refractivity contribution in [3.05, 3.63) is 29.8 Å². The molecule has 1 aromatic carbocycles. The van der Waals surface area contributed by atoms with E-state index in [4.69, 9.17) is 5.73 Å². The zero-order chi connectivity index (χ0) is 13.6. The van der Waals surface area contributed by atoms with Gasteiger partial charge >= 0.3 is 0 Å². The van der Waals surface area contributed by atoms with Gasteiger partial charge in [-0.1, -0.05) is 12.1 Å². The first kappa shape index (κ1) is 14.7. The van der Waals surface area contributed by atoms with E-state index in [2.05, 4.69) is 5.32 Å². The second-order valence-electron chi connectivity index (χ2n) is 4.16. The molecule has 0 saturated heterocycles. The summed E-state index contributed by atoms with van der Waals surface area (Å²) in [5.74, 6) is -0.368. The highest BCUT2D eigenvalue weighted by atomic mass is 32.2. The van der Waals surface area contributed by atoms with Crippen molar-refractivity contribution in [1.82, 2.24) is 5.32 Å². The van der Waals surface area contributed by atoms with Crippen LogP contribution < -0.4 is 11.1 Å². The van der Waals surface area contributed by atoms with E-state index in [1.165, 1.54) is 6.26 Å². The number of aryl methyl sites for hydroxylation is 1. The molecular formula is C12H18N2O3S. The molecule has 0 atom stereocenters. The average molecular weight is 270 g/mol. The van der Waals surface area contributed by atoms with Crippen molar-refractivity contribution in [3.63, 3.8) is 0 Å². The Morgan fingerprint density at radius 3 is 2.39 bits per heavy atom. The van der Waals surface area contributed by atoms with E-state index < -0.39 is 9.84 Å². The fourth-order valence-corrected chi connectivity index (χ4v) is 2.16. The molecule has 0 heterocycles. The van der Waals surface area contributed by atoms with Crippen LogP contribution in [0.1, 0.15) is 12.0 Å². The van der Waals surface area contributed by atoms with Gasteiger partial charge in [0, 0.05) is 6.26 Å². The van der Waals surface area contributed by atoms with Gasteiger partial charge in [-0.15, -0.1) is 0 Å². The van der Waals surface area contributed by atoms with Gasteiger partial charge in [-0.25, -0.2) is 8.42 Å². The number of sulfone groups is 1. The van der Waals surface area contributed by atoms with Crippen LogP contribution in [0.3, 0.4) is 0 Å². The number of carbonyl (C=O) groups is 1. The summed E-state index contributed by atoms with van der Waals surface area (Å²) in [5, 5.41) is 2.92. The molecule has 6 heteroatoms. The zero-order valence-electron chi connectivity index (χ0n) is 10.3. The molecule has 0 bridgehead atoms. The van der Waals surface area contributed by atoms with Gasteiger partial charge in [0.2, 0.25) is 5.91 Å². The van der Waals surface area contributed by atoms with Crippen LogP contribution >= 0.6 is 0 Å². The summed E-state index contributed by atoms with van der Waals surface area (Å²) in [6.07, 6.45) is 2.89. The van der Waals surface area contributed by atoms with Crippen LogP contribution in [0, 0.1) is 0 Å². The van der Waals surface area contributed by atoms with Crippen LogP contribution in [-0.2, 0) is 21.1 Å². The lowest BCUT2D eigenvalue weighted by Gasteiger charge is -2.04. The molecule has 0 spiro atoms. The normalized spacial score (nSPS) is 11.4. The standard InChI is InChI=1S/C12H18N2O3S/c1-18(16,17)11-6-4-10(5-7-11)3-2-8-14-9-12(13)15/h4-7,14H,2-3,8-9H2,1H3,(H2,13,15). The monoisotopic (exact) mass is 270 g/mol. The second kappa shape index (κ2) is 6.51. The number of nitrogens with two attached hydrogens (primary N) is 1. The van der Waals surface area contributed by atoms with Crippen LogP contribution in [0.5, 0.6) is 0 Å². The summed E-state index contributed by atoms with van der Waals surface area (Å²) in [7, 11) is -3.12. The topological polar surface area (TPSA) is 89.3 Å². The Kier molecular flexibility index (Phi) is 5.30. The Morgan fingerprint density at radius 1 is 1.28 bits per heavy atom. The number of rotatable bonds is 7. The van der Waals surface area contributed by atoms with Crippen molar-refractivity contribution in [2.45, 2.75) is 17.7 Å². The number of amides is 1. The minimum Gasteiger partial charge on any atom is -0.369 e. The first-order valence-corrected chi connectivity index (χ1v) is 7.57. The molecular weight excluding hydrogens is 252 g/mol. The maximum Gasteiger partial charge on any atom is 0.231 e. The maximum atomic E-state index is 11.3. The molecule has 0 unspecified atom stereocenters. The fourth-order valence-electron chi connectivity index (χ4n) is 1.53. The van der Waals surface area contributed by atoms with Crippen molar-refractivity contribution in [2.24, 2.45) is 5.73 Å². The van der Waals surface area contributed by atoms with Crippen molar-refractivity contribution in [2.75, 3.05) is 19.3 Å². The second-order valence-corrected chi connectivity index (χ2v) is 6.18. The van der Waals surface area contributed by atoms with Crippen molar-refractivity contribution in [3.8, 4) is 0 Å². The van der Waals surface area contributed by atoms with E-state index >= 15 is 0 Å². The van der Waals surface area contributed by atoms with E-state index in [-0.39, 0.29) is 12.5 Å². The van der Waals surface area contributed by atoms with Gasteiger partial charge in [-0.3, -0.25) is 4.79 Å². The third kappa shape index (κ3) is 5.29. The van der Waals surface area contributed by atoms with Crippen molar-refractivity contribution in [1.29, 1.82) is 0 Å². The highest BCUT2D eigenvalue weighted by molar-refractivity contribution is 7.90. The maximum absolute atomic E-state index is 11.3. The lowest BCUT2D eigenvalue weighted by atomic mass is 10.1. The molecule has 0 radical (unpaired) electrons. The van der Waals surface area contributed by atoms with E-state index in [9.17, 15) is 13.2 Å². The predicted octanol–water partition coefficient (Wildman–Crippen LogP) is 0.0976. The van der Waals surface area contributed by atoms with Crippen LogP contribution in [0.4, 0.5) is 0 Å². The number of carbonyl (C=O) groups excluding carboxylic acids is 1. The van der Waals surface area contributed by atoms with Gasteiger partial charge in [0.1, 0.15) is 0 Å². The minimum atomic E-state index is -3.12. The zero-order valence-corrected chi connectivity index (χ0v) is 11.2. The summed E-state index contributed by atoms with van der Waals surface area (Å²) in [6, 6.07) is 6.85. The number of primary amides is 1. The molecule has 5 nitrogen and oxygen atoms in total. The van der Waals surface area contributed by atoms with Crippen molar-refractivity contribution >= 4 is 15.7 Å². The minimum absolute atomic E-state index is 0.188. The van der Waals surface area contributed by atoms with Crippen LogP contribution in [-0.4, -0.2) is 33.7 Å². The highest BCUT2D eigenvalue weighted by Crippen LogP contribution is 2.11. The largest absolute Gasteiger partial charge is 0.369 e. The van der Waals surface area contributed by atoms with Crippen LogP contribution in [0.25, 0.3) is 0 Å². The van der Waals surface area contributed by atoms with Gasteiger partial charge in [-0.05, 0) is 37.1 Å². The third-order valence-corrected chi connectivity index (χ3v) is 3.60. The lowest BCUT2D eigenvalue weighted by molar-refractivity contribution is -0.117. The molecule has 100 valence electrons. The quantitative estimate of drug-likeness (QED) is 0.688. The third-order valence-electron chi connectivity index (χ3n) is 2.47. The van der Waals surface area contributed by atoms with Crippen LogP contribution in [0.2, 0.25) is 0 Å². The van der Waals surface area contributed by atoms with Gasteiger partial charge in [0.05, 0.1) is 11.4 Å². The Morgan fingerprint density at radius 2 is 1.89 bits per heavy atom. The van der Waals surface area contributed by atoms with Gasteiger partial charge < -0.3 is 11.1 Å². The molecule has 0 aliphatic heterocycles. The number of hydrogen-bond donors (Lipinski definition) is 2. The molecule has 0 aliphatic carbocycles. The average Bonchev–Trinajstić information content (AvgIpc) is 2.27. The molecule has 0 fully saturated rings. The summed E-state index contributed by atoms with van der Waals surface area (Å²) >= 11 is 0. The van der Waals surface area contributed by atoms with Gasteiger partial charge in [0.25, 0.3) is 0 Å². The van der Waals surface area contributed by atoms with E-state index in [0.717, 1.165) is 18.4 Å². The van der Waals surface area contributed by atoms with E-state index in [1.54, 1.807) is 12.1 Å². The summed E-state index contributed by atoms with van der Waals surface area (Å²) in [6.45, 7) is 0.893. The number of hydrogen-bond acceptors (Lipinski definition) is 4. The summed E-state index contributed by atoms with van der Waals surface area (Å²) in [4.78, 5) is 10.8. The number of nitrogens with one attached hydrogen (secondary N) is 1. The molecule has 1 aromatic rings. The highest BCUT2D eigenvalue weighted by Gasteiger charge is 2.05.